The first-order chi connectivity index (χ1) is 9.96. The zero-order valence-electron chi connectivity index (χ0n) is 12.8. The van der Waals surface area contributed by atoms with Crippen molar-refractivity contribution in [1.82, 2.24) is 0 Å². The summed E-state index contributed by atoms with van der Waals surface area (Å²) in [6.45, 7) is 5.57. The van der Waals surface area contributed by atoms with Gasteiger partial charge in [0.05, 0.1) is 0 Å². The summed E-state index contributed by atoms with van der Waals surface area (Å²) in [6, 6.07) is 9.96. The SMILES string of the molecule is CN1CC(C)(C)Cc2c1cc(F)c1c2Cc2ccccc2-1. The summed E-state index contributed by atoms with van der Waals surface area (Å²) in [4.78, 5) is 2.21. The van der Waals surface area contributed by atoms with Crippen molar-refractivity contribution in [2.24, 2.45) is 5.41 Å². The molecule has 0 saturated carbocycles. The topological polar surface area (TPSA) is 3.24 Å². The molecular weight excluding hydrogens is 261 g/mol. The number of hydrogen-bond donors (Lipinski definition) is 0. The Hall–Kier alpha value is -1.83. The van der Waals surface area contributed by atoms with Gasteiger partial charge in [0.1, 0.15) is 5.82 Å². The number of rotatable bonds is 0. The van der Waals surface area contributed by atoms with Gasteiger partial charge < -0.3 is 4.90 Å². The fraction of sp³-hybridized carbons (Fsp3) is 0.368. The van der Waals surface area contributed by atoms with E-state index in [1.54, 1.807) is 6.07 Å². The van der Waals surface area contributed by atoms with Gasteiger partial charge in [-0.05, 0) is 46.6 Å². The summed E-state index contributed by atoms with van der Waals surface area (Å²) in [6.07, 6.45) is 1.90. The molecule has 1 nitrogen and oxygen atoms in total. The average Bonchev–Trinajstić information content (AvgIpc) is 2.80. The Bertz CT molecular complexity index is 745. The van der Waals surface area contributed by atoms with Crippen LogP contribution in [0.1, 0.15) is 30.5 Å². The minimum Gasteiger partial charge on any atom is -0.374 e. The van der Waals surface area contributed by atoms with Gasteiger partial charge in [0.15, 0.2) is 0 Å². The number of hydrogen-bond acceptors (Lipinski definition) is 1. The van der Waals surface area contributed by atoms with Gasteiger partial charge in [-0.3, -0.25) is 0 Å². The molecule has 2 heteroatoms. The van der Waals surface area contributed by atoms with Crippen molar-refractivity contribution in [3.63, 3.8) is 0 Å². The Morgan fingerprint density at radius 3 is 2.71 bits per heavy atom. The number of benzene rings is 2. The van der Waals surface area contributed by atoms with Crippen LogP contribution >= 0.6 is 0 Å². The van der Waals surface area contributed by atoms with Gasteiger partial charge in [-0.2, -0.15) is 0 Å². The van der Waals surface area contributed by atoms with E-state index in [-0.39, 0.29) is 11.2 Å². The van der Waals surface area contributed by atoms with Crippen molar-refractivity contribution < 1.29 is 4.39 Å². The third kappa shape index (κ3) is 1.81. The van der Waals surface area contributed by atoms with Crippen LogP contribution in [0.3, 0.4) is 0 Å². The van der Waals surface area contributed by atoms with Gasteiger partial charge in [-0.1, -0.05) is 38.1 Å². The predicted octanol–water partition coefficient (Wildman–Crippen LogP) is 4.42. The fourth-order valence-electron chi connectivity index (χ4n) is 4.12. The molecule has 0 amide bonds. The maximum absolute atomic E-state index is 14.7. The predicted molar refractivity (Wildman–Crippen MR) is 85.4 cm³/mol. The standard InChI is InChI=1S/C19H20FN/c1-19(2)10-15-14-8-12-6-4-5-7-13(12)18(14)16(20)9-17(15)21(3)11-19/h4-7,9H,8,10-11H2,1-3H3. The van der Waals surface area contributed by atoms with Crippen molar-refractivity contribution in [1.29, 1.82) is 0 Å². The van der Waals surface area contributed by atoms with Crippen molar-refractivity contribution in [3.05, 3.63) is 52.8 Å². The van der Waals surface area contributed by atoms with Crippen LogP contribution in [0.5, 0.6) is 0 Å². The molecule has 1 aliphatic carbocycles. The first-order valence-corrected chi connectivity index (χ1v) is 7.60. The summed E-state index contributed by atoms with van der Waals surface area (Å²) in [5.74, 6) is -0.0692. The average molecular weight is 281 g/mol. The van der Waals surface area contributed by atoms with Crippen LogP contribution in [-0.2, 0) is 12.8 Å². The molecule has 0 aromatic heterocycles. The van der Waals surface area contributed by atoms with Crippen molar-refractivity contribution in [2.75, 3.05) is 18.5 Å². The monoisotopic (exact) mass is 281 g/mol. The highest BCUT2D eigenvalue weighted by Gasteiger charge is 2.34. The summed E-state index contributed by atoms with van der Waals surface area (Å²) >= 11 is 0. The molecule has 0 unspecified atom stereocenters. The highest BCUT2D eigenvalue weighted by molar-refractivity contribution is 5.82. The minimum absolute atomic E-state index is 0.0692. The first kappa shape index (κ1) is 12.9. The maximum Gasteiger partial charge on any atom is 0.133 e. The van der Waals surface area contributed by atoms with Crippen LogP contribution in [0.4, 0.5) is 10.1 Å². The molecule has 4 rings (SSSR count). The smallest absolute Gasteiger partial charge is 0.133 e. The summed E-state index contributed by atoms with van der Waals surface area (Å²) in [5.41, 5.74) is 7.06. The summed E-state index contributed by atoms with van der Waals surface area (Å²) in [7, 11) is 2.08. The Morgan fingerprint density at radius 2 is 1.90 bits per heavy atom. The van der Waals surface area contributed by atoms with Gasteiger partial charge >= 0.3 is 0 Å². The molecule has 0 N–H and O–H groups in total. The van der Waals surface area contributed by atoms with Gasteiger partial charge in [-0.15, -0.1) is 0 Å². The molecule has 2 aliphatic rings. The van der Waals surface area contributed by atoms with E-state index < -0.39 is 0 Å². The Morgan fingerprint density at radius 1 is 1.14 bits per heavy atom. The van der Waals surface area contributed by atoms with Gasteiger partial charge in [0, 0.05) is 24.8 Å². The molecule has 0 fully saturated rings. The Labute approximate surface area is 125 Å². The number of nitrogens with zero attached hydrogens (tertiary/aromatic N) is 1. The zero-order valence-corrected chi connectivity index (χ0v) is 12.8. The fourth-order valence-corrected chi connectivity index (χ4v) is 4.12. The molecule has 2 aromatic rings. The molecule has 1 aliphatic heterocycles. The largest absolute Gasteiger partial charge is 0.374 e. The van der Waals surface area contributed by atoms with E-state index in [9.17, 15) is 4.39 Å². The zero-order chi connectivity index (χ0) is 14.8. The lowest BCUT2D eigenvalue weighted by Crippen LogP contribution is -2.38. The molecule has 0 bridgehead atoms. The number of halogens is 1. The Kier molecular flexibility index (Phi) is 2.51. The maximum atomic E-state index is 14.7. The van der Waals surface area contributed by atoms with Crippen LogP contribution in [0, 0.1) is 11.2 Å². The lowest BCUT2D eigenvalue weighted by molar-refractivity contribution is 0.354. The van der Waals surface area contributed by atoms with Crippen LogP contribution < -0.4 is 4.90 Å². The quantitative estimate of drug-likeness (QED) is 0.590. The molecule has 0 spiro atoms. The lowest BCUT2D eigenvalue weighted by Gasteiger charge is -2.39. The number of fused-ring (bicyclic) bond motifs is 5. The van der Waals surface area contributed by atoms with E-state index in [0.29, 0.717) is 0 Å². The highest BCUT2D eigenvalue weighted by Crippen LogP contribution is 2.47. The van der Waals surface area contributed by atoms with E-state index in [0.717, 1.165) is 36.2 Å². The lowest BCUT2D eigenvalue weighted by atomic mass is 9.78. The van der Waals surface area contributed by atoms with E-state index in [4.69, 9.17) is 0 Å². The molecule has 0 saturated heterocycles. The second kappa shape index (κ2) is 4.09. The van der Waals surface area contributed by atoms with Gasteiger partial charge in [0.2, 0.25) is 0 Å². The van der Waals surface area contributed by atoms with E-state index in [1.165, 1.54) is 16.7 Å². The normalized spacial score (nSPS) is 18.2. The van der Waals surface area contributed by atoms with Crippen LogP contribution in [-0.4, -0.2) is 13.6 Å². The molecule has 0 radical (unpaired) electrons. The third-order valence-electron chi connectivity index (χ3n) is 4.86. The summed E-state index contributed by atoms with van der Waals surface area (Å²) < 4.78 is 14.7. The molecule has 1 heterocycles. The van der Waals surface area contributed by atoms with E-state index >= 15 is 0 Å². The number of anilines is 1. The molecule has 2 aromatic carbocycles. The summed E-state index contributed by atoms with van der Waals surface area (Å²) in [5, 5.41) is 0. The molecule has 0 atom stereocenters. The molecule has 21 heavy (non-hydrogen) atoms. The van der Waals surface area contributed by atoms with Gasteiger partial charge in [-0.25, -0.2) is 4.39 Å². The Balaban J connectivity index is 1.98. The molecular formula is C19H20FN. The minimum atomic E-state index is -0.0692. The van der Waals surface area contributed by atoms with E-state index in [1.807, 2.05) is 18.2 Å². The second-order valence-corrected chi connectivity index (χ2v) is 7.24. The highest BCUT2D eigenvalue weighted by atomic mass is 19.1. The van der Waals surface area contributed by atoms with Crippen molar-refractivity contribution in [3.8, 4) is 11.1 Å². The van der Waals surface area contributed by atoms with E-state index in [2.05, 4.69) is 31.9 Å². The first-order valence-electron chi connectivity index (χ1n) is 7.60. The third-order valence-corrected chi connectivity index (χ3v) is 4.86. The van der Waals surface area contributed by atoms with Crippen LogP contribution in [0.2, 0.25) is 0 Å². The van der Waals surface area contributed by atoms with Crippen molar-refractivity contribution in [2.45, 2.75) is 26.7 Å². The van der Waals surface area contributed by atoms with Crippen LogP contribution in [0.15, 0.2) is 30.3 Å². The second-order valence-electron chi connectivity index (χ2n) is 7.24. The van der Waals surface area contributed by atoms with Crippen molar-refractivity contribution >= 4 is 5.69 Å². The van der Waals surface area contributed by atoms with Gasteiger partial charge in [0.25, 0.3) is 0 Å². The molecule has 108 valence electrons. The van der Waals surface area contributed by atoms with Crippen LogP contribution in [0.25, 0.3) is 11.1 Å².